The number of para-hydroxylation sites is 1. The third-order valence-electron chi connectivity index (χ3n) is 3.90. The van der Waals surface area contributed by atoms with Gasteiger partial charge in [-0.05, 0) is 25.1 Å². The first-order chi connectivity index (χ1) is 11.2. The molecule has 0 aromatic heterocycles. The van der Waals surface area contributed by atoms with E-state index in [0.29, 0.717) is 17.0 Å². The molecule has 2 aromatic carbocycles. The van der Waals surface area contributed by atoms with Crippen LogP contribution in [-0.2, 0) is 4.79 Å². The Morgan fingerprint density at radius 3 is 2.74 bits per heavy atom. The van der Waals surface area contributed by atoms with Gasteiger partial charge in [-0.15, -0.1) is 0 Å². The van der Waals surface area contributed by atoms with E-state index in [2.05, 4.69) is 15.8 Å². The van der Waals surface area contributed by atoms with Gasteiger partial charge in [0.25, 0.3) is 0 Å². The molecule has 0 saturated heterocycles. The molecule has 0 unspecified atom stereocenters. The number of aryl methyl sites for hydroxylation is 1. The number of allylic oxidation sites excluding steroid dienone is 2. The highest BCUT2D eigenvalue weighted by Gasteiger charge is 2.27. The second-order valence-corrected chi connectivity index (χ2v) is 5.32. The van der Waals surface area contributed by atoms with Gasteiger partial charge in [0.15, 0.2) is 6.29 Å². The summed E-state index contributed by atoms with van der Waals surface area (Å²) in [6.45, 7) is 1.97. The normalized spacial score (nSPS) is 16.7. The molecule has 0 fully saturated rings. The van der Waals surface area contributed by atoms with Crippen molar-refractivity contribution in [1.29, 1.82) is 0 Å². The third kappa shape index (κ3) is 2.46. The number of hydrogen-bond donors (Lipinski definition) is 3. The minimum absolute atomic E-state index is 0.367. The van der Waals surface area contributed by atoms with E-state index in [4.69, 9.17) is 0 Å². The molecule has 0 bridgehead atoms. The van der Waals surface area contributed by atoms with E-state index in [1.54, 1.807) is 7.05 Å². The summed E-state index contributed by atoms with van der Waals surface area (Å²) in [5, 5.41) is 19.1. The molecule has 116 valence electrons. The third-order valence-corrected chi connectivity index (χ3v) is 3.90. The minimum atomic E-state index is 0.367. The van der Waals surface area contributed by atoms with Crippen LogP contribution < -0.4 is 10.6 Å². The molecule has 2 aromatic rings. The number of oxime groups is 1. The largest absolute Gasteiger partial charge is 0.410 e. The quantitative estimate of drug-likeness (QED) is 0.352. The van der Waals surface area contributed by atoms with Gasteiger partial charge in [0.2, 0.25) is 0 Å². The maximum atomic E-state index is 11.8. The van der Waals surface area contributed by atoms with Crippen molar-refractivity contribution < 1.29 is 10.0 Å². The zero-order valence-corrected chi connectivity index (χ0v) is 12.9. The molecule has 23 heavy (non-hydrogen) atoms. The number of carbonyl (C=O) groups is 1. The summed E-state index contributed by atoms with van der Waals surface area (Å²) in [5.41, 5.74) is 5.53. The van der Waals surface area contributed by atoms with Crippen molar-refractivity contribution in [2.24, 2.45) is 5.16 Å². The van der Waals surface area contributed by atoms with E-state index in [-0.39, 0.29) is 0 Å². The van der Waals surface area contributed by atoms with Crippen LogP contribution in [0.15, 0.2) is 53.3 Å². The second kappa shape index (κ2) is 5.96. The molecule has 0 saturated carbocycles. The van der Waals surface area contributed by atoms with Crippen LogP contribution in [0, 0.1) is 6.92 Å². The Kier molecular flexibility index (Phi) is 3.85. The highest BCUT2D eigenvalue weighted by atomic mass is 16.4. The monoisotopic (exact) mass is 307 g/mol. The van der Waals surface area contributed by atoms with E-state index < -0.39 is 0 Å². The Bertz CT molecular complexity index is 838. The maximum absolute atomic E-state index is 11.8. The summed E-state index contributed by atoms with van der Waals surface area (Å²) < 4.78 is 0. The molecule has 0 radical (unpaired) electrons. The van der Waals surface area contributed by atoms with Gasteiger partial charge in [-0.1, -0.05) is 35.0 Å². The lowest BCUT2D eigenvalue weighted by molar-refractivity contribution is -0.103. The van der Waals surface area contributed by atoms with Crippen molar-refractivity contribution in [1.82, 2.24) is 0 Å². The van der Waals surface area contributed by atoms with Gasteiger partial charge >= 0.3 is 0 Å². The summed E-state index contributed by atoms with van der Waals surface area (Å²) in [7, 11) is 1.80. The number of nitrogens with zero attached hydrogens (tertiary/aromatic N) is 1. The first kappa shape index (κ1) is 14.8. The second-order valence-electron chi connectivity index (χ2n) is 5.32. The Hall–Kier alpha value is -3.08. The van der Waals surface area contributed by atoms with Gasteiger partial charge in [0, 0.05) is 35.1 Å². The molecule has 1 heterocycles. The smallest absolute Gasteiger partial charge is 0.152 e. The van der Waals surface area contributed by atoms with Crippen LogP contribution in [-0.4, -0.2) is 24.3 Å². The molecule has 5 nitrogen and oxygen atoms in total. The Labute approximate surface area is 134 Å². The average Bonchev–Trinajstić information content (AvgIpc) is 2.94. The number of hydrogen-bond acceptors (Lipinski definition) is 5. The van der Waals surface area contributed by atoms with E-state index in [9.17, 15) is 10.0 Å². The molecular weight excluding hydrogens is 290 g/mol. The summed E-state index contributed by atoms with van der Waals surface area (Å²) >= 11 is 0. The molecule has 0 amide bonds. The van der Waals surface area contributed by atoms with Crippen LogP contribution in [0.2, 0.25) is 0 Å². The van der Waals surface area contributed by atoms with E-state index >= 15 is 0 Å². The van der Waals surface area contributed by atoms with Crippen molar-refractivity contribution >= 4 is 28.9 Å². The first-order valence-corrected chi connectivity index (χ1v) is 7.26. The van der Waals surface area contributed by atoms with Crippen LogP contribution in [0.4, 0.5) is 11.4 Å². The van der Waals surface area contributed by atoms with Crippen molar-refractivity contribution in [2.75, 3.05) is 17.7 Å². The highest BCUT2D eigenvalue weighted by Crippen LogP contribution is 2.34. The number of carbonyl (C=O) groups excluding carboxylic acids is 1. The zero-order valence-electron chi connectivity index (χ0n) is 12.9. The number of nitrogens with one attached hydrogen (secondary N) is 2. The predicted octanol–water partition coefficient (Wildman–Crippen LogP) is 3.25. The van der Waals surface area contributed by atoms with Gasteiger partial charge in [-0.3, -0.25) is 4.79 Å². The summed E-state index contributed by atoms with van der Waals surface area (Å²) in [6, 6.07) is 13.3. The van der Waals surface area contributed by atoms with Crippen LogP contribution in [0.5, 0.6) is 0 Å². The van der Waals surface area contributed by atoms with Crippen molar-refractivity contribution in [3.05, 3.63) is 64.9 Å². The van der Waals surface area contributed by atoms with Crippen LogP contribution in [0.3, 0.4) is 0 Å². The molecule has 1 aliphatic heterocycles. The topological polar surface area (TPSA) is 73.7 Å². The summed E-state index contributed by atoms with van der Waals surface area (Å²) in [5.74, 6) is 0. The van der Waals surface area contributed by atoms with Crippen LogP contribution >= 0.6 is 0 Å². The minimum Gasteiger partial charge on any atom is -0.410 e. The zero-order chi connectivity index (χ0) is 16.4. The van der Waals surface area contributed by atoms with Crippen molar-refractivity contribution in [3.8, 4) is 0 Å². The summed E-state index contributed by atoms with van der Waals surface area (Å²) in [6.07, 6.45) is 0.787. The van der Waals surface area contributed by atoms with Gasteiger partial charge in [-0.25, -0.2) is 0 Å². The van der Waals surface area contributed by atoms with Crippen molar-refractivity contribution in [3.63, 3.8) is 0 Å². The lowest BCUT2D eigenvalue weighted by Crippen LogP contribution is -2.08. The van der Waals surface area contributed by atoms with Gasteiger partial charge < -0.3 is 15.8 Å². The lowest BCUT2D eigenvalue weighted by atomic mass is 9.98. The molecule has 5 heteroatoms. The Morgan fingerprint density at radius 2 is 2.04 bits per heavy atom. The fourth-order valence-electron chi connectivity index (χ4n) is 2.78. The van der Waals surface area contributed by atoms with Crippen LogP contribution in [0.1, 0.15) is 16.7 Å². The molecule has 3 N–H and O–H groups in total. The molecule has 1 aliphatic rings. The number of anilines is 2. The Balaban J connectivity index is 2.24. The molecule has 0 spiro atoms. The molecule has 0 aliphatic carbocycles. The van der Waals surface area contributed by atoms with Crippen molar-refractivity contribution in [2.45, 2.75) is 6.92 Å². The number of rotatable bonds is 3. The standard InChI is InChI=1S/C18H17N3O2/c1-11-7-8-15(19-2)13(9-11)14(10-22)17-18(21-23)12-5-3-4-6-16(12)20-17/h3-10,19-20,23H,1-2H3/b17-14+,21-18+. The van der Waals surface area contributed by atoms with E-state index in [1.807, 2.05) is 49.4 Å². The number of fused-ring (bicyclic) bond motifs is 1. The SMILES string of the molecule is CNc1ccc(C)cc1/C(C=O)=C1/Nc2ccccc2/C1=N\O. The van der Waals surface area contributed by atoms with Crippen LogP contribution in [0.25, 0.3) is 5.57 Å². The molecule has 0 atom stereocenters. The fourth-order valence-corrected chi connectivity index (χ4v) is 2.78. The maximum Gasteiger partial charge on any atom is 0.152 e. The molecule has 3 rings (SSSR count). The lowest BCUT2D eigenvalue weighted by Gasteiger charge is -2.12. The highest BCUT2D eigenvalue weighted by molar-refractivity contribution is 6.30. The van der Waals surface area contributed by atoms with Gasteiger partial charge in [0.05, 0.1) is 5.70 Å². The number of benzene rings is 2. The first-order valence-electron chi connectivity index (χ1n) is 7.26. The summed E-state index contributed by atoms with van der Waals surface area (Å²) in [4.78, 5) is 11.8. The average molecular weight is 307 g/mol. The Morgan fingerprint density at radius 1 is 1.26 bits per heavy atom. The fraction of sp³-hybridized carbons (Fsp3) is 0.111. The van der Waals surface area contributed by atoms with Gasteiger partial charge in [0.1, 0.15) is 5.71 Å². The van der Waals surface area contributed by atoms with E-state index in [0.717, 1.165) is 34.4 Å². The number of aldehydes is 1. The molecular formula is C18H17N3O2. The van der Waals surface area contributed by atoms with E-state index in [1.165, 1.54) is 0 Å². The van der Waals surface area contributed by atoms with Gasteiger partial charge in [-0.2, -0.15) is 0 Å². The predicted molar refractivity (Wildman–Crippen MR) is 92.1 cm³/mol.